The summed E-state index contributed by atoms with van der Waals surface area (Å²) in [6.07, 6.45) is 5.80. The van der Waals surface area contributed by atoms with Crippen molar-refractivity contribution in [3.05, 3.63) is 0 Å². The first kappa shape index (κ1) is 17.9. The molecule has 1 aliphatic rings. The highest BCUT2D eigenvalue weighted by Gasteiger charge is 2.32. The Hall–Kier alpha value is -0.120. The second-order valence-corrected chi connectivity index (χ2v) is 7.97. The molecule has 0 aromatic rings. The molecule has 3 nitrogen and oxygen atoms in total. The summed E-state index contributed by atoms with van der Waals surface area (Å²) in [6.45, 7) is 11.8. The van der Waals surface area contributed by atoms with E-state index < -0.39 is 0 Å². The molecule has 20 heavy (non-hydrogen) atoms. The lowest BCUT2D eigenvalue weighted by Crippen LogP contribution is -2.48. The zero-order valence-electron chi connectivity index (χ0n) is 14.2. The molecule has 0 spiro atoms. The molecule has 0 aromatic carbocycles. The van der Waals surface area contributed by atoms with Crippen LogP contribution in [0.25, 0.3) is 0 Å². The summed E-state index contributed by atoms with van der Waals surface area (Å²) < 4.78 is 0. The zero-order valence-corrected chi connectivity index (χ0v) is 14.2. The van der Waals surface area contributed by atoms with E-state index in [0.717, 1.165) is 12.3 Å². The molecule has 120 valence electrons. The molecule has 1 saturated carbocycles. The highest BCUT2D eigenvalue weighted by atomic mass is 16.3. The van der Waals surface area contributed by atoms with Gasteiger partial charge in [-0.25, -0.2) is 0 Å². The summed E-state index contributed by atoms with van der Waals surface area (Å²) in [6, 6.07) is 0.744. The lowest BCUT2D eigenvalue weighted by molar-refractivity contribution is 0.124. The van der Waals surface area contributed by atoms with Crippen LogP contribution in [0.5, 0.6) is 0 Å². The van der Waals surface area contributed by atoms with Gasteiger partial charge in [-0.3, -0.25) is 0 Å². The molecule has 0 aromatic heterocycles. The third kappa shape index (κ3) is 5.71. The van der Waals surface area contributed by atoms with Gasteiger partial charge in [-0.15, -0.1) is 0 Å². The van der Waals surface area contributed by atoms with E-state index in [1.807, 2.05) is 6.92 Å². The van der Waals surface area contributed by atoms with E-state index >= 15 is 0 Å². The molecule has 4 N–H and O–H groups in total. The second-order valence-electron chi connectivity index (χ2n) is 7.97. The Balaban J connectivity index is 2.44. The molecular formula is C17H36N2O. The summed E-state index contributed by atoms with van der Waals surface area (Å²) in [5, 5.41) is 13.1. The van der Waals surface area contributed by atoms with Gasteiger partial charge < -0.3 is 16.2 Å². The molecule has 0 saturated heterocycles. The third-order valence-corrected chi connectivity index (χ3v) is 5.01. The first-order valence-electron chi connectivity index (χ1n) is 8.38. The maximum Gasteiger partial charge on any atom is 0.0526 e. The quantitative estimate of drug-likeness (QED) is 0.703. The number of hydrogen-bond donors (Lipinski definition) is 3. The van der Waals surface area contributed by atoms with Crippen molar-refractivity contribution >= 4 is 0 Å². The van der Waals surface area contributed by atoms with Crippen LogP contribution in [0.2, 0.25) is 0 Å². The summed E-state index contributed by atoms with van der Waals surface area (Å²) in [7, 11) is 0. The lowest BCUT2D eigenvalue weighted by atomic mass is 9.68. The summed E-state index contributed by atoms with van der Waals surface area (Å²) in [4.78, 5) is 0. The maximum atomic E-state index is 9.47. The Morgan fingerprint density at radius 2 is 1.70 bits per heavy atom. The standard InChI is InChI=1S/C17H36N2O/c1-12(10-13(2)20)19-16(11-18)14-6-8-15(9-7-14)17(3,4)5/h12-16,19-20H,6-11,18H2,1-5H3. The van der Waals surface area contributed by atoms with Gasteiger partial charge >= 0.3 is 0 Å². The van der Waals surface area contributed by atoms with Crippen molar-refractivity contribution in [1.29, 1.82) is 0 Å². The fourth-order valence-corrected chi connectivity index (χ4v) is 3.73. The van der Waals surface area contributed by atoms with Gasteiger partial charge in [-0.05, 0) is 63.2 Å². The third-order valence-electron chi connectivity index (χ3n) is 5.01. The van der Waals surface area contributed by atoms with E-state index in [-0.39, 0.29) is 6.10 Å². The second kappa shape index (κ2) is 7.77. The van der Waals surface area contributed by atoms with Crippen molar-refractivity contribution in [2.24, 2.45) is 23.0 Å². The van der Waals surface area contributed by atoms with E-state index in [1.165, 1.54) is 25.7 Å². The minimum Gasteiger partial charge on any atom is -0.393 e. The topological polar surface area (TPSA) is 58.3 Å². The van der Waals surface area contributed by atoms with Gasteiger partial charge in [0.2, 0.25) is 0 Å². The molecule has 3 heteroatoms. The first-order valence-corrected chi connectivity index (χ1v) is 8.38. The van der Waals surface area contributed by atoms with E-state index in [4.69, 9.17) is 5.73 Å². The number of nitrogens with one attached hydrogen (secondary N) is 1. The molecule has 3 unspecified atom stereocenters. The molecular weight excluding hydrogens is 248 g/mol. The highest BCUT2D eigenvalue weighted by Crippen LogP contribution is 2.40. The van der Waals surface area contributed by atoms with Crippen LogP contribution in [-0.4, -0.2) is 29.8 Å². The van der Waals surface area contributed by atoms with Crippen LogP contribution in [0, 0.1) is 17.3 Å². The summed E-state index contributed by atoms with van der Waals surface area (Å²) >= 11 is 0. The van der Waals surface area contributed by atoms with Crippen LogP contribution in [0.4, 0.5) is 0 Å². The molecule has 3 atom stereocenters. The maximum absolute atomic E-state index is 9.47. The molecule has 1 aliphatic carbocycles. The van der Waals surface area contributed by atoms with Crippen molar-refractivity contribution in [3.63, 3.8) is 0 Å². The number of hydrogen-bond acceptors (Lipinski definition) is 3. The fraction of sp³-hybridized carbons (Fsp3) is 1.00. The van der Waals surface area contributed by atoms with E-state index in [2.05, 4.69) is 33.0 Å². The Morgan fingerprint density at radius 1 is 1.15 bits per heavy atom. The largest absolute Gasteiger partial charge is 0.393 e. The van der Waals surface area contributed by atoms with Gasteiger partial charge in [0.1, 0.15) is 0 Å². The van der Waals surface area contributed by atoms with Gasteiger partial charge in [0, 0.05) is 18.6 Å². The molecule has 1 rings (SSSR count). The Kier molecular flexibility index (Phi) is 6.96. The predicted octanol–water partition coefficient (Wildman–Crippen LogP) is 2.92. The van der Waals surface area contributed by atoms with Crippen LogP contribution in [0.1, 0.15) is 66.7 Å². The van der Waals surface area contributed by atoms with Crippen LogP contribution in [0.15, 0.2) is 0 Å². The average Bonchev–Trinajstić information content (AvgIpc) is 2.34. The minimum absolute atomic E-state index is 0.243. The molecule has 0 radical (unpaired) electrons. The first-order chi connectivity index (χ1) is 9.24. The van der Waals surface area contributed by atoms with Crippen molar-refractivity contribution in [3.8, 4) is 0 Å². The number of nitrogens with two attached hydrogens (primary N) is 1. The van der Waals surface area contributed by atoms with Crippen molar-refractivity contribution in [2.75, 3.05) is 6.54 Å². The Morgan fingerprint density at radius 3 is 2.10 bits per heavy atom. The van der Waals surface area contributed by atoms with Crippen molar-refractivity contribution in [2.45, 2.75) is 84.9 Å². The Labute approximate surface area is 125 Å². The number of aliphatic hydroxyl groups excluding tert-OH is 1. The Bertz CT molecular complexity index is 265. The van der Waals surface area contributed by atoms with Gasteiger partial charge in [0.25, 0.3) is 0 Å². The number of rotatable bonds is 6. The molecule has 1 fully saturated rings. The van der Waals surface area contributed by atoms with Crippen molar-refractivity contribution < 1.29 is 5.11 Å². The van der Waals surface area contributed by atoms with Gasteiger partial charge in [0.15, 0.2) is 0 Å². The predicted molar refractivity (Wildman–Crippen MR) is 86.6 cm³/mol. The SMILES string of the molecule is CC(O)CC(C)NC(CN)C1CCC(C(C)(C)C)CC1. The minimum atomic E-state index is -0.243. The molecule has 0 heterocycles. The van der Waals surface area contributed by atoms with Crippen LogP contribution in [0.3, 0.4) is 0 Å². The molecule has 0 amide bonds. The smallest absolute Gasteiger partial charge is 0.0526 e. The van der Waals surface area contributed by atoms with Crippen molar-refractivity contribution in [1.82, 2.24) is 5.32 Å². The zero-order chi connectivity index (χ0) is 15.3. The van der Waals surface area contributed by atoms with E-state index in [0.29, 0.717) is 30.0 Å². The molecule has 0 bridgehead atoms. The van der Waals surface area contributed by atoms with Gasteiger partial charge in [0.05, 0.1) is 6.10 Å². The average molecular weight is 284 g/mol. The van der Waals surface area contributed by atoms with Crippen LogP contribution >= 0.6 is 0 Å². The van der Waals surface area contributed by atoms with E-state index in [1.54, 1.807) is 0 Å². The van der Waals surface area contributed by atoms with Gasteiger partial charge in [-0.1, -0.05) is 20.8 Å². The highest BCUT2D eigenvalue weighted by molar-refractivity contribution is 4.87. The monoisotopic (exact) mass is 284 g/mol. The van der Waals surface area contributed by atoms with Crippen LogP contribution in [-0.2, 0) is 0 Å². The molecule has 0 aliphatic heterocycles. The normalized spacial score (nSPS) is 28.9. The lowest BCUT2D eigenvalue weighted by Gasteiger charge is -2.40. The summed E-state index contributed by atoms with van der Waals surface area (Å²) in [5.74, 6) is 1.56. The van der Waals surface area contributed by atoms with Crippen LogP contribution < -0.4 is 11.1 Å². The van der Waals surface area contributed by atoms with Gasteiger partial charge in [-0.2, -0.15) is 0 Å². The summed E-state index contributed by atoms with van der Waals surface area (Å²) in [5.41, 5.74) is 6.42. The number of aliphatic hydroxyl groups is 1. The fourth-order valence-electron chi connectivity index (χ4n) is 3.73. The van der Waals surface area contributed by atoms with E-state index in [9.17, 15) is 5.11 Å².